The fourth-order valence-electron chi connectivity index (χ4n) is 3.04. The smallest absolute Gasteiger partial charge is 0.247 e. The van der Waals surface area contributed by atoms with Crippen molar-refractivity contribution in [2.75, 3.05) is 5.75 Å². The molecule has 1 fully saturated rings. The molecule has 1 saturated heterocycles. The van der Waals surface area contributed by atoms with Crippen molar-refractivity contribution in [1.29, 1.82) is 0 Å². The van der Waals surface area contributed by atoms with Crippen molar-refractivity contribution in [1.82, 2.24) is 10.2 Å². The zero-order valence-electron chi connectivity index (χ0n) is 14.7. The molecule has 0 aliphatic carbocycles. The van der Waals surface area contributed by atoms with E-state index >= 15 is 0 Å². The van der Waals surface area contributed by atoms with Gasteiger partial charge in [-0.2, -0.15) is 0 Å². The van der Waals surface area contributed by atoms with E-state index in [2.05, 4.69) is 5.32 Å². The predicted molar refractivity (Wildman–Crippen MR) is 101 cm³/mol. The lowest BCUT2D eigenvalue weighted by molar-refractivity contribution is -0.139. The standard InChI is InChI=1S/C20H21FN2O2S/c1-13(2)22-19(25)18(14-6-4-3-5-7-14)23-17(24)12-26-20(23)15-8-10-16(21)11-9-15/h3-11,13,18,20H,12H2,1-2H3,(H,22,25)/t18-,20+/m1/s1. The molecule has 1 aliphatic heterocycles. The Kier molecular flexibility index (Phi) is 5.61. The van der Waals surface area contributed by atoms with Gasteiger partial charge in [0.2, 0.25) is 11.8 Å². The lowest BCUT2D eigenvalue weighted by atomic mass is 10.0. The molecule has 0 unspecified atom stereocenters. The Bertz CT molecular complexity index is 780. The first-order chi connectivity index (χ1) is 12.5. The minimum atomic E-state index is -0.726. The summed E-state index contributed by atoms with van der Waals surface area (Å²) in [5.41, 5.74) is 1.56. The topological polar surface area (TPSA) is 49.4 Å². The van der Waals surface area contributed by atoms with Crippen LogP contribution in [0.15, 0.2) is 54.6 Å². The highest BCUT2D eigenvalue weighted by atomic mass is 32.2. The fourth-order valence-corrected chi connectivity index (χ4v) is 4.24. The maximum Gasteiger partial charge on any atom is 0.247 e. The maximum atomic E-state index is 13.3. The van der Waals surface area contributed by atoms with Gasteiger partial charge in [-0.1, -0.05) is 42.5 Å². The van der Waals surface area contributed by atoms with Gasteiger partial charge in [0.25, 0.3) is 0 Å². The van der Waals surface area contributed by atoms with Gasteiger partial charge in [-0.15, -0.1) is 11.8 Å². The van der Waals surface area contributed by atoms with E-state index in [9.17, 15) is 14.0 Å². The Morgan fingerprint density at radius 2 is 1.81 bits per heavy atom. The summed E-state index contributed by atoms with van der Waals surface area (Å²) in [6.07, 6.45) is 0. The van der Waals surface area contributed by atoms with E-state index in [0.29, 0.717) is 5.75 Å². The Hall–Kier alpha value is -2.34. The van der Waals surface area contributed by atoms with Crippen LogP contribution in [0.5, 0.6) is 0 Å². The summed E-state index contributed by atoms with van der Waals surface area (Å²) in [5.74, 6) is -0.349. The molecule has 0 saturated carbocycles. The fraction of sp³-hybridized carbons (Fsp3) is 0.300. The van der Waals surface area contributed by atoms with E-state index in [0.717, 1.165) is 11.1 Å². The molecule has 0 radical (unpaired) electrons. The van der Waals surface area contributed by atoms with E-state index in [-0.39, 0.29) is 29.0 Å². The average Bonchev–Trinajstić information content (AvgIpc) is 2.98. The molecule has 0 spiro atoms. The van der Waals surface area contributed by atoms with Gasteiger partial charge in [0, 0.05) is 6.04 Å². The number of rotatable bonds is 5. The first-order valence-electron chi connectivity index (χ1n) is 8.51. The summed E-state index contributed by atoms with van der Waals surface area (Å²) in [6.45, 7) is 3.77. The minimum absolute atomic E-state index is 0.0386. The molecule has 26 heavy (non-hydrogen) atoms. The SMILES string of the molecule is CC(C)NC(=O)[C@@H](c1ccccc1)N1C(=O)CS[C@H]1c1ccc(F)cc1. The van der Waals surface area contributed by atoms with Crippen LogP contribution in [0.1, 0.15) is 36.4 Å². The van der Waals surface area contributed by atoms with Crippen LogP contribution < -0.4 is 5.32 Å². The van der Waals surface area contributed by atoms with Gasteiger partial charge in [0.05, 0.1) is 5.75 Å². The highest BCUT2D eigenvalue weighted by Crippen LogP contribution is 2.43. The van der Waals surface area contributed by atoms with Gasteiger partial charge < -0.3 is 10.2 Å². The highest BCUT2D eigenvalue weighted by molar-refractivity contribution is 8.00. The molecule has 2 amide bonds. The third-order valence-electron chi connectivity index (χ3n) is 4.13. The Labute approximate surface area is 156 Å². The number of halogens is 1. The lowest BCUT2D eigenvalue weighted by Gasteiger charge is -2.32. The molecular weight excluding hydrogens is 351 g/mol. The van der Waals surface area contributed by atoms with Crippen molar-refractivity contribution in [3.8, 4) is 0 Å². The van der Waals surface area contributed by atoms with Crippen molar-refractivity contribution < 1.29 is 14.0 Å². The van der Waals surface area contributed by atoms with Crippen LogP contribution in [0.3, 0.4) is 0 Å². The van der Waals surface area contributed by atoms with E-state index in [1.165, 1.54) is 23.9 Å². The van der Waals surface area contributed by atoms with Crippen LogP contribution in [0.25, 0.3) is 0 Å². The highest BCUT2D eigenvalue weighted by Gasteiger charge is 2.41. The van der Waals surface area contributed by atoms with Crippen LogP contribution in [0.2, 0.25) is 0 Å². The van der Waals surface area contributed by atoms with E-state index in [4.69, 9.17) is 0 Å². The molecule has 0 aromatic heterocycles. The van der Waals surface area contributed by atoms with Gasteiger partial charge in [-0.3, -0.25) is 9.59 Å². The zero-order chi connectivity index (χ0) is 18.7. The van der Waals surface area contributed by atoms with Crippen molar-refractivity contribution in [3.05, 3.63) is 71.5 Å². The third kappa shape index (κ3) is 3.90. The summed E-state index contributed by atoms with van der Waals surface area (Å²) in [7, 11) is 0. The van der Waals surface area contributed by atoms with Crippen LogP contribution in [-0.4, -0.2) is 28.5 Å². The minimum Gasteiger partial charge on any atom is -0.352 e. The summed E-state index contributed by atoms with van der Waals surface area (Å²) in [5, 5.41) is 2.59. The van der Waals surface area contributed by atoms with Gasteiger partial charge in [-0.25, -0.2) is 4.39 Å². The molecule has 1 aliphatic rings. The average molecular weight is 372 g/mol. The van der Waals surface area contributed by atoms with Crippen molar-refractivity contribution in [2.45, 2.75) is 31.3 Å². The van der Waals surface area contributed by atoms with E-state index in [1.54, 1.807) is 17.0 Å². The molecule has 6 heteroatoms. The number of hydrogen-bond donors (Lipinski definition) is 1. The number of benzene rings is 2. The molecule has 3 rings (SSSR count). The Morgan fingerprint density at radius 3 is 2.42 bits per heavy atom. The maximum absolute atomic E-state index is 13.3. The molecular formula is C20H21FN2O2S. The normalized spacial score (nSPS) is 18.2. The van der Waals surface area contributed by atoms with Crippen molar-refractivity contribution in [2.24, 2.45) is 0 Å². The lowest BCUT2D eigenvalue weighted by Crippen LogP contribution is -2.44. The van der Waals surface area contributed by atoms with Crippen molar-refractivity contribution in [3.63, 3.8) is 0 Å². The van der Waals surface area contributed by atoms with Crippen LogP contribution in [0, 0.1) is 5.82 Å². The molecule has 2 atom stereocenters. The molecule has 1 heterocycles. The third-order valence-corrected chi connectivity index (χ3v) is 5.36. The van der Waals surface area contributed by atoms with Crippen LogP contribution in [0.4, 0.5) is 4.39 Å². The molecule has 4 nitrogen and oxygen atoms in total. The number of amides is 2. The largest absolute Gasteiger partial charge is 0.352 e. The molecule has 2 aromatic rings. The summed E-state index contributed by atoms with van der Waals surface area (Å²) in [6, 6.07) is 14.6. The van der Waals surface area contributed by atoms with Gasteiger partial charge >= 0.3 is 0 Å². The van der Waals surface area contributed by atoms with Crippen LogP contribution >= 0.6 is 11.8 Å². The number of nitrogens with one attached hydrogen (secondary N) is 1. The van der Waals surface area contributed by atoms with E-state index in [1.807, 2.05) is 44.2 Å². The molecule has 0 bridgehead atoms. The number of hydrogen-bond acceptors (Lipinski definition) is 3. The quantitative estimate of drug-likeness (QED) is 0.871. The van der Waals surface area contributed by atoms with Gasteiger partial charge in [-0.05, 0) is 37.1 Å². The summed E-state index contributed by atoms with van der Waals surface area (Å²) in [4.78, 5) is 27.2. The second-order valence-electron chi connectivity index (χ2n) is 6.49. The predicted octanol–water partition coefficient (Wildman–Crippen LogP) is 3.67. The monoisotopic (exact) mass is 372 g/mol. The van der Waals surface area contributed by atoms with Crippen molar-refractivity contribution >= 4 is 23.6 Å². The van der Waals surface area contributed by atoms with E-state index < -0.39 is 6.04 Å². The molecule has 2 aromatic carbocycles. The van der Waals surface area contributed by atoms with Gasteiger partial charge in [0.15, 0.2) is 0 Å². The molecule has 1 N–H and O–H groups in total. The first kappa shape index (κ1) is 18.5. The number of thioether (sulfide) groups is 1. The Balaban J connectivity index is 2.01. The summed E-state index contributed by atoms with van der Waals surface area (Å²) >= 11 is 1.45. The first-order valence-corrected chi connectivity index (χ1v) is 9.56. The zero-order valence-corrected chi connectivity index (χ0v) is 15.5. The summed E-state index contributed by atoms with van der Waals surface area (Å²) < 4.78 is 13.3. The second-order valence-corrected chi connectivity index (χ2v) is 7.56. The molecule has 136 valence electrons. The number of carbonyl (C=O) groups excluding carboxylic acids is 2. The number of carbonyl (C=O) groups is 2. The Morgan fingerprint density at radius 1 is 1.15 bits per heavy atom. The van der Waals surface area contributed by atoms with Gasteiger partial charge in [0.1, 0.15) is 17.2 Å². The van der Waals surface area contributed by atoms with Crippen LogP contribution in [-0.2, 0) is 9.59 Å². The second kappa shape index (κ2) is 7.91. The number of nitrogens with zero attached hydrogens (tertiary/aromatic N) is 1.